The maximum Gasteiger partial charge on any atom is 0.232 e. The van der Waals surface area contributed by atoms with Crippen LogP contribution in [-0.4, -0.2) is 103 Å². The summed E-state index contributed by atoms with van der Waals surface area (Å²) in [5, 5.41) is 5.74. The highest BCUT2D eigenvalue weighted by Crippen LogP contribution is 2.36. The van der Waals surface area contributed by atoms with Gasteiger partial charge in [-0.2, -0.15) is 4.98 Å². The van der Waals surface area contributed by atoms with E-state index >= 15 is 0 Å². The Bertz CT molecular complexity index is 1820. The Hall–Kier alpha value is -4.50. The van der Waals surface area contributed by atoms with Gasteiger partial charge >= 0.3 is 0 Å². The molecular weight excluding hydrogens is 707 g/mol. The number of carbonyl (C=O) groups excluding carboxylic acids is 2. The van der Waals surface area contributed by atoms with Crippen molar-refractivity contribution in [3.05, 3.63) is 48.3 Å². The van der Waals surface area contributed by atoms with Gasteiger partial charge in [0.05, 0.1) is 28.6 Å². The summed E-state index contributed by atoms with van der Waals surface area (Å²) in [6, 6.07) is 11.3. The number of unbranched alkanes of at least 4 members (excludes halogenated alkanes) is 5. The highest BCUT2D eigenvalue weighted by molar-refractivity contribution is 7.92. The van der Waals surface area contributed by atoms with E-state index in [1.54, 1.807) is 45.2 Å². The van der Waals surface area contributed by atoms with E-state index in [0.717, 1.165) is 102 Å². The molecule has 2 amide bonds. The van der Waals surface area contributed by atoms with Crippen LogP contribution in [-0.2, 0) is 19.4 Å². The molecule has 0 bridgehead atoms. The van der Waals surface area contributed by atoms with Crippen molar-refractivity contribution in [3.8, 4) is 5.75 Å². The zero-order chi connectivity index (χ0) is 38.7. The van der Waals surface area contributed by atoms with E-state index in [4.69, 9.17) is 10.5 Å². The summed E-state index contributed by atoms with van der Waals surface area (Å²) in [5.74, 6) is 1.19. The second-order valence-electron chi connectivity index (χ2n) is 14.5. The van der Waals surface area contributed by atoms with Crippen LogP contribution < -0.4 is 26.0 Å². The number of aryl methyl sites for hydroxylation is 1. The lowest BCUT2D eigenvalue weighted by Gasteiger charge is -2.43. The van der Waals surface area contributed by atoms with Gasteiger partial charge in [-0.25, -0.2) is 18.4 Å². The van der Waals surface area contributed by atoms with Crippen molar-refractivity contribution in [3.63, 3.8) is 0 Å². The van der Waals surface area contributed by atoms with Gasteiger partial charge in [-0.1, -0.05) is 37.8 Å². The largest absolute Gasteiger partial charge is 0.494 e. The summed E-state index contributed by atoms with van der Waals surface area (Å²) < 4.78 is 31.7. The van der Waals surface area contributed by atoms with Crippen LogP contribution in [0.4, 0.5) is 29.0 Å². The molecule has 2 saturated heterocycles. The number of nitrogens with one attached hydrogen (secondary N) is 2. The van der Waals surface area contributed by atoms with E-state index < -0.39 is 15.1 Å². The van der Waals surface area contributed by atoms with E-state index in [-0.39, 0.29) is 28.6 Å². The molecule has 15 heteroatoms. The number of carbonyl (C=O) groups is 2. The highest BCUT2D eigenvalue weighted by atomic mass is 32.2. The van der Waals surface area contributed by atoms with E-state index in [1.165, 1.54) is 6.33 Å². The Kier molecular flexibility index (Phi) is 14.5. The van der Waals surface area contributed by atoms with Crippen molar-refractivity contribution in [1.29, 1.82) is 0 Å². The number of sulfone groups is 1. The lowest BCUT2D eigenvalue weighted by atomic mass is 10.00. The van der Waals surface area contributed by atoms with Gasteiger partial charge < -0.3 is 30.9 Å². The number of ether oxygens (including phenoxy) is 1. The lowest BCUT2D eigenvalue weighted by molar-refractivity contribution is -0.133. The third kappa shape index (κ3) is 10.8. The summed E-state index contributed by atoms with van der Waals surface area (Å²) in [7, 11) is -1.89. The van der Waals surface area contributed by atoms with Crippen molar-refractivity contribution in [2.45, 2.75) is 101 Å². The molecule has 2 aliphatic heterocycles. The van der Waals surface area contributed by atoms with Gasteiger partial charge in [0.1, 0.15) is 12.1 Å². The van der Waals surface area contributed by atoms with Crippen LogP contribution in [0.25, 0.3) is 0 Å². The van der Waals surface area contributed by atoms with Gasteiger partial charge in [-0.05, 0) is 70.2 Å². The van der Waals surface area contributed by atoms with Crippen LogP contribution in [0.3, 0.4) is 0 Å². The van der Waals surface area contributed by atoms with Crippen molar-refractivity contribution in [2.75, 3.05) is 61.9 Å². The number of amides is 2. The Balaban J connectivity index is 1.10. The summed E-state index contributed by atoms with van der Waals surface area (Å²) >= 11 is 0. The molecule has 294 valence electrons. The predicted molar refractivity (Wildman–Crippen MR) is 212 cm³/mol. The van der Waals surface area contributed by atoms with Gasteiger partial charge in [-0.3, -0.25) is 14.5 Å². The number of rotatable bonds is 18. The molecule has 14 nitrogen and oxygen atoms in total. The zero-order valence-electron chi connectivity index (χ0n) is 32.2. The normalized spacial score (nSPS) is 15.7. The van der Waals surface area contributed by atoms with Gasteiger partial charge in [0.25, 0.3) is 0 Å². The van der Waals surface area contributed by atoms with Gasteiger partial charge in [0.2, 0.25) is 23.7 Å². The van der Waals surface area contributed by atoms with Crippen LogP contribution in [0.5, 0.6) is 5.75 Å². The molecule has 0 atom stereocenters. The van der Waals surface area contributed by atoms with Crippen LogP contribution in [0.1, 0.15) is 83.6 Å². The molecule has 0 saturated carbocycles. The SMILES string of the molecule is COc1cc(N2CCC(N3CCN(C(=O)CCCCCCCCC(N)=O)CC3)CC2)c(C)cc1Nc1ncnc(Nc2ccccc2S(=O)(=O)C(C)C)n1. The maximum absolute atomic E-state index is 12.9. The summed E-state index contributed by atoms with van der Waals surface area (Å²) in [5.41, 5.74) is 8.51. The zero-order valence-corrected chi connectivity index (χ0v) is 33.0. The monoisotopic (exact) mass is 763 g/mol. The van der Waals surface area contributed by atoms with Crippen LogP contribution in [0, 0.1) is 6.92 Å². The average Bonchev–Trinajstić information content (AvgIpc) is 3.16. The van der Waals surface area contributed by atoms with Crippen molar-refractivity contribution < 1.29 is 22.7 Å². The van der Waals surface area contributed by atoms with E-state index in [0.29, 0.717) is 36.0 Å². The molecule has 1 aromatic heterocycles. The molecule has 0 radical (unpaired) electrons. The molecule has 54 heavy (non-hydrogen) atoms. The molecule has 5 rings (SSSR count). The number of primary amides is 1. The number of piperidine rings is 1. The summed E-state index contributed by atoms with van der Waals surface area (Å²) in [4.78, 5) is 43.9. The first-order chi connectivity index (χ1) is 26.0. The van der Waals surface area contributed by atoms with Gasteiger partial charge in [0.15, 0.2) is 9.84 Å². The molecule has 2 fully saturated rings. The van der Waals surface area contributed by atoms with Crippen molar-refractivity contribution in [1.82, 2.24) is 24.8 Å². The molecule has 3 aromatic rings. The number of benzene rings is 2. The molecule has 4 N–H and O–H groups in total. The Labute approximate surface area is 320 Å². The summed E-state index contributed by atoms with van der Waals surface area (Å²) in [6.07, 6.45) is 10.6. The Morgan fingerprint density at radius 3 is 2.11 bits per heavy atom. The fourth-order valence-electron chi connectivity index (χ4n) is 7.26. The number of hydrogen-bond donors (Lipinski definition) is 3. The number of piperazine rings is 1. The van der Waals surface area contributed by atoms with Crippen LogP contribution >= 0.6 is 0 Å². The minimum atomic E-state index is -3.53. The molecule has 2 aromatic carbocycles. The van der Waals surface area contributed by atoms with E-state index in [2.05, 4.69) is 48.4 Å². The minimum absolute atomic E-state index is 0.187. The van der Waals surface area contributed by atoms with E-state index in [1.807, 2.05) is 11.0 Å². The first-order valence-electron chi connectivity index (χ1n) is 19.3. The number of para-hydroxylation sites is 1. The first-order valence-corrected chi connectivity index (χ1v) is 20.8. The molecular formula is C39H57N9O5S. The number of anilines is 5. The van der Waals surface area contributed by atoms with Crippen LogP contribution in [0.2, 0.25) is 0 Å². The predicted octanol–water partition coefficient (Wildman–Crippen LogP) is 5.58. The quantitative estimate of drug-likeness (QED) is 0.138. The summed E-state index contributed by atoms with van der Waals surface area (Å²) in [6.45, 7) is 10.7. The number of aromatic nitrogens is 3. The smallest absolute Gasteiger partial charge is 0.232 e. The maximum atomic E-state index is 12.9. The van der Waals surface area contributed by atoms with E-state index in [9.17, 15) is 18.0 Å². The van der Waals surface area contributed by atoms with Crippen molar-refractivity contribution >= 4 is 50.6 Å². The molecule has 0 unspecified atom stereocenters. The van der Waals surface area contributed by atoms with Gasteiger partial charge in [0, 0.05) is 69.9 Å². The number of methoxy groups -OCH3 is 1. The molecule has 0 spiro atoms. The van der Waals surface area contributed by atoms with Crippen LogP contribution in [0.15, 0.2) is 47.6 Å². The van der Waals surface area contributed by atoms with Crippen molar-refractivity contribution in [2.24, 2.45) is 5.73 Å². The average molecular weight is 764 g/mol. The molecule has 0 aliphatic carbocycles. The minimum Gasteiger partial charge on any atom is -0.494 e. The fraction of sp³-hybridized carbons (Fsp3) is 0.564. The fourth-order valence-corrected chi connectivity index (χ4v) is 8.46. The highest BCUT2D eigenvalue weighted by Gasteiger charge is 2.30. The number of nitrogens with zero attached hydrogens (tertiary/aromatic N) is 6. The third-order valence-corrected chi connectivity index (χ3v) is 12.7. The second kappa shape index (κ2) is 19.2. The Morgan fingerprint density at radius 2 is 1.48 bits per heavy atom. The lowest BCUT2D eigenvalue weighted by Crippen LogP contribution is -2.54. The standard InChI is InChI=1S/C39H57N9O5S/c1-28(2)54(51,52)35-14-12-11-13-31(35)43-38-41-27-42-39(45-38)44-32-25-29(3)33(26-34(32)53-4)47-19-17-30(18-20-47)46-21-23-48(24-22-46)37(50)16-10-8-6-5-7-9-15-36(40)49/h11-14,25-28,30H,5-10,15-24H2,1-4H3,(H2,40,49)(H2,41,42,43,44,45). The molecule has 2 aliphatic rings. The topological polar surface area (TPSA) is 176 Å². The number of hydrogen-bond acceptors (Lipinski definition) is 12. The third-order valence-electron chi connectivity index (χ3n) is 10.4. The second-order valence-corrected chi connectivity index (χ2v) is 17.0. The number of nitrogens with two attached hydrogens (primary N) is 1. The molecule has 3 heterocycles. The Morgan fingerprint density at radius 1 is 0.870 bits per heavy atom. The first kappa shape index (κ1) is 40.7. The van der Waals surface area contributed by atoms with Gasteiger partial charge in [-0.15, -0.1) is 0 Å².